The molecule has 0 bridgehead atoms. The van der Waals surface area contributed by atoms with Gasteiger partial charge in [-0.2, -0.15) is 0 Å². The average Bonchev–Trinajstić information content (AvgIpc) is 2.73. The molecule has 0 amide bonds. The molecule has 4 heteroatoms. The van der Waals surface area contributed by atoms with E-state index in [0.717, 1.165) is 36.5 Å². The van der Waals surface area contributed by atoms with E-state index in [9.17, 15) is 0 Å². The summed E-state index contributed by atoms with van der Waals surface area (Å²) in [5, 5.41) is 6.63. The lowest BCUT2D eigenvalue weighted by Crippen LogP contribution is -2.16. The minimum absolute atomic E-state index is 0.924. The molecule has 98 valence electrons. The van der Waals surface area contributed by atoms with Crippen molar-refractivity contribution in [1.82, 2.24) is 20.6 Å². The molecular formula is C14H22N4. The van der Waals surface area contributed by atoms with E-state index < -0.39 is 0 Å². The molecule has 0 spiro atoms. The summed E-state index contributed by atoms with van der Waals surface area (Å²) in [4.78, 5) is 7.67. The Morgan fingerprint density at radius 1 is 1.22 bits per heavy atom. The quantitative estimate of drug-likeness (QED) is 0.655. The molecule has 1 aromatic carbocycles. The first-order valence-electron chi connectivity index (χ1n) is 6.60. The first kappa shape index (κ1) is 13.1. The molecule has 0 radical (unpaired) electrons. The SMILES string of the molecule is CNCCCCNCc1ccc2nc(C)[nH]c2c1. The van der Waals surface area contributed by atoms with Crippen molar-refractivity contribution in [3.05, 3.63) is 29.6 Å². The van der Waals surface area contributed by atoms with Crippen LogP contribution < -0.4 is 10.6 Å². The molecular weight excluding hydrogens is 224 g/mol. The lowest BCUT2D eigenvalue weighted by Gasteiger charge is -2.05. The van der Waals surface area contributed by atoms with Crippen molar-refractivity contribution in [3.63, 3.8) is 0 Å². The van der Waals surface area contributed by atoms with E-state index in [4.69, 9.17) is 0 Å². The number of imidazole rings is 1. The third kappa shape index (κ3) is 3.55. The third-order valence-electron chi connectivity index (χ3n) is 3.02. The maximum Gasteiger partial charge on any atom is 0.104 e. The van der Waals surface area contributed by atoms with Crippen LogP contribution in [0.1, 0.15) is 24.2 Å². The Kier molecular flexibility index (Phi) is 4.73. The zero-order valence-electron chi connectivity index (χ0n) is 11.2. The predicted octanol–water partition coefficient (Wildman–Crippen LogP) is 1.96. The first-order chi connectivity index (χ1) is 8.79. The van der Waals surface area contributed by atoms with Crippen LogP contribution in [0, 0.1) is 6.92 Å². The zero-order chi connectivity index (χ0) is 12.8. The van der Waals surface area contributed by atoms with Gasteiger partial charge in [-0.05, 0) is 57.6 Å². The molecule has 0 aliphatic rings. The second-order valence-corrected chi connectivity index (χ2v) is 4.66. The second-order valence-electron chi connectivity index (χ2n) is 4.66. The number of benzene rings is 1. The molecule has 3 N–H and O–H groups in total. The van der Waals surface area contributed by atoms with Crippen molar-refractivity contribution in [2.75, 3.05) is 20.1 Å². The van der Waals surface area contributed by atoms with Gasteiger partial charge >= 0.3 is 0 Å². The summed E-state index contributed by atoms with van der Waals surface area (Å²) in [6, 6.07) is 6.40. The van der Waals surface area contributed by atoms with Gasteiger partial charge in [0.25, 0.3) is 0 Å². The smallest absolute Gasteiger partial charge is 0.104 e. The number of unbranched alkanes of at least 4 members (excludes halogenated alkanes) is 1. The van der Waals surface area contributed by atoms with Gasteiger partial charge < -0.3 is 15.6 Å². The lowest BCUT2D eigenvalue weighted by molar-refractivity contribution is 0.606. The van der Waals surface area contributed by atoms with Gasteiger partial charge in [0, 0.05) is 6.54 Å². The van der Waals surface area contributed by atoms with Crippen LogP contribution in [0.15, 0.2) is 18.2 Å². The van der Waals surface area contributed by atoms with Gasteiger partial charge in [-0.15, -0.1) is 0 Å². The normalized spacial score (nSPS) is 11.2. The van der Waals surface area contributed by atoms with Crippen molar-refractivity contribution in [2.45, 2.75) is 26.3 Å². The Hall–Kier alpha value is -1.39. The lowest BCUT2D eigenvalue weighted by atomic mass is 10.2. The Bertz CT molecular complexity index is 489. The molecule has 18 heavy (non-hydrogen) atoms. The Labute approximate surface area is 108 Å². The molecule has 2 aromatic rings. The monoisotopic (exact) mass is 246 g/mol. The van der Waals surface area contributed by atoms with Crippen molar-refractivity contribution in [2.24, 2.45) is 0 Å². The molecule has 0 aliphatic heterocycles. The van der Waals surface area contributed by atoms with Crippen LogP contribution in [0.25, 0.3) is 11.0 Å². The minimum Gasteiger partial charge on any atom is -0.342 e. The Morgan fingerprint density at radius 2 is 2.06 bits per heavy atom. The van der Waals surface area contributed by atoms with Crippen molar-refractivity contribution < 1.29 is 0 Å². The van der Waals surface area contributed by atoms with Gasteiger partial charge in [0.15, 0.2) is 0 Å². The predicted molar refractivity (Wildman–Crippen MR) is 75.7 cm³/mol. The standard InChI is InChI=1S/C14H22N4/c1-11-17-13-6-5-12(9-14(13)18-11)10-16-8-4-3-7-15-2/h5-6,9,15-16H,3-4,7-8,10H2,1-2H3,(H,17,18). The summed E-state index contributed by atoms with van der Waals surface area (Å²) in [6.07, 6.45) is 2.44. The highest BCUT2D eigenvalue weighted by Crippen LogP contribution is 2.13. The van der Waals surface area contributed by atoms with Crippen LogP contribution >= 0.6 is 0 Å². The van der Waals surface area contributed by atoms with E-state index in [1.807, 2.05) is 14.0 Å². The van der Waals surface area contributed by atoms with Crippen LogP contribution in [-0.4, -0.2) is 30.1 Å². The van der Waals surface area contributed by atoms with Gasteiger partial charge in [0.2, 0.25) is 0 Å². The van der Waals surface area contributed by atoms with Gasteiger partial charge in [-0.25, -0.2) is 4.98 Å². The molecule has 4 nitrogen and oxygen atoms in total. The zero-order valence-corrected chi connectivity index (χ0v) is 11.2. The topological polar surface area (TPSA) is 52.7 Å². The number of nitrogens with zero attached hydrogens (tertiary/aromatic N) is 1. The summed E-state index contributed by atoms with van der Waals surface area (Å²) in [5.74, 6) is 0.974. The molecule has 0 atom stereocenters. The molecule has 0 unspecified atom stereocenters. The van der Waals surface area contributed by atoms with Gasteiger partial charge in [0.05, 0.1) is 11.0 Å². The van der Waals surface area contributed by atoms with E-state index in [0.29, 0.717) is 0 Å². The highest BCUT2D eigenvalue weighted by molar-refractivity contribution is 5.75. The largest absolute Gasteiger partial charge is 0.342 e. The summed E-state index contributed by atoms with van der Waals surface area (Å²) in [6.45, 7) is 5.08. The number of aromatic amines is 1. The fraction of sp³-hybridized carbons (Fsp3) is 0.500. The number of aryl methyl sites for hydroxylation is 1. The van der Waals surface area contributed by atoms with E-state index >= 15 is 0 Å². The van der Waals surface area contributed by atoms with Gasteiger partial charge in [-0.3, -0.25) is 0 Å². The summed E-state index contributed by atoms with van der Waals surface area (Å²) < 4.78 is 0. The highest BCUT2D eigenvalue weighted by atomic mass is 14.9. The second kappa shape index (κ2) is 6.52. The Balaban J connectivity index is 1.80. The van der Waals surface area contributed by atoms with Crippen molar-refractivity contribution in [1.29, 1.82) is 0 Å². The molecule has 0 aliphatic carbocycles. The van der Waals surface area contributed by atoms with Crippen molar-refractivity contribution in [3.8, 4) is 0 Å². The Morgan fingerprint density at radius 3 is 2.89 bits per heavy atom. The van der Waals surface area contributed by atoms with Crippen molar-refractivity contribution >= 4 is 11.0 Å². The number of aromatic nitrogens is 2. The van der Waals surface area contributed by atoms with Crippen LogP contribution in [0.5, 0.6) is 0 Å². The minimum atomic E-state index is 0.924. The number of fused-ring (bicyclic) bond motifs is 1. The van der Waals surface area contributed by atoms with Crippen LogP contribution in [0.4, 0.5) is 0 Å². The average molecular weight is 246 g/mol. The number of rotatable bonds is 7. The first-order valence-corrected chi connectivity index (χ1v) is 6.60. The summed E-state index contributed by atoms with van der Waals surface area (Å²) in [5.41, 5.74) is 3.48. The molecule has 0 saturated heterocycles. The van der Waals surface area contributed by atoms with E-state index in [2.05, 4.69) is 38.8 Å². The molecule has 0 fully saturated rings. The summed E-state index contributed by atoms with van der Waals surface area (Å²) >= 11 is 0. The maximum absolute atomic E-state index is 4.40. The van der Waals surface area contributed by atoms with E-state index in [-0.39, 0.29) is 0 Å². The van der Waals surface area contributed by atoms with Crippen LogP contribution in [0.2, 0.25) is 0 Å². The molecule has 2 rings (SSSR count). The fourth-order valence-corrected chi connectivity index (χ4v) is 2.08. The fourth-order valence-electron chi connectivity index (χ4n) is 2.08. The van der Waals surface area contributed by atoms with Crippen LogP contribution in [-0.2, 0) is 6.54 Å². The van der Waals surface area contributed by atoms with E-state index in [1.165, 1.54) is 18.4 Å². The highest BCUT2D eigenvalue weighted by Gasteiger charge is 2.00. The number of H-pyrrole nitrogens is 1. The molecule has 0 saturated carbocycles. The van der Waals surface area contributed by atoms with Gasteiger partial charge in [-0.1, -0.05) is 6.07 Å². The number of hydrogen-bond donors (Lipinski definition) is 3. The molecule has 1 heterocycles. The van der Waals surface area contributed by atoms with Crippen LogP contribution in [0.3, 0.4) is 0 Å². The number of nitrogens with one attached hydrogen (secondary N) is 3. The maximum atomic E-state index is 4.40. The summed E-state index contributed by atoms with van der Waals surface area (Å²) in [7, 11) is 2.00. The number of hydrogen-bond acceptors (Lipinski definition) is 3. The van der Waals surface area contributed by atoms with Gasteiger partial charge in [0.1, 0.15) is 5.82 Å². The van der Waals surface area contributed by atoms with E-state index in [1.54, 1.807) is 0 Å². The third-order valence-corrected chi connectivity index (χ3v) is 3.02. The molecule has 1 aromatic heterocycles.